The zero-order valence-corrected chi connectivity index (χ0v) is 17.7. The fraction of sp³-hybridized carbons (Fsp3) is 0.562. The van der Waals surface area contributed by atoms with Gasteiger partial charge in [0.05, 0.1) is 4.92 Å². The third-order valence-electron chi connectivity index (χ3n) is 3.99. The van der Waals surface area contributed by atoms with Crippen LogP contribution in [-0.4, -0.2) is 48.1 Å². The molecule has 9 heteroatoms. The molecule has 0 aromatic heterocycles. The molecular weight excluding hydrogens is 453 g/mol. The lowest BCUT2D eigenvalue weighted by atomic mass is 10.1. The smallest absolute Gasteiger partial charge is 0.292 e. The maximum absolute atomic E-state index is 11.0. The summed E-state index contributed by atoms with van der Waals surface area (Å²) in [6, 6.07) is 6.65. The van der Waals surface area contributed by atoms with Gasteiger partial charge < -0.3 is 16.0 Å². The highest BCUT2D eigenvalue weighted by Gasteiger charge is 2.29. The van der Waals surface area contributed by atoms with Crippen molar-refractivity contribution in [2.75, 3.05) is 37.8 Å². The van der Waals surface area contributed by atoms with Crippen LogP contribution < -0.4 is 16.0 Å². The van der Waals surface area contributed by atoms with Gasteiger partial charge in [0, 0.05) is 37.5 Å². The highest BCUT2D eigenvalue weighted by molar-refractivity contribution is 14.0. The number of nitro benzene ring substituents is 1. The number of thioether (sulfide) groups is 1. The van der Waals surface area contributed by atoms with E-state index in [4.69, 9.17) is 0 Å². The second-order valence-electron chi connectivity index (χ2n) is 5.96. The molecule has 1 fully saturated rings. The third kappa shape index (κ3) is 6.89. The number of nitrogens with one attached hydrogen (secondary N) is 3. The molecule has 25 heavy (non-hydrogen) atoms. The Labute approximate surface area is 170 Å². The van der Waals surface area contributed by atoms with E-state index in [1.165, 1.54) is 24.7 Å². The number of rotatable bonds is 7. The van der Waals surface area contributed by atoms with Gasteiger partial charge in [-0.15, -0.1) is 24.0 Å². The number of anilines is 1. The Hall–Kier alpha value is -1.23. The number of para-hydroxylation sites is 2. The molecule has 0 aliphatic carbocycles. The first-order chi connectivity index (χ1) is 11.5. The van der Waals surface area contributed by atoms with E-state index >= 15 is 0 Å². The summed E-state index contributed by atoms with van der Waals surface area (Å²) in [5.74, 6) is 1.98. The second-order valence-corrected chi connectivity index (χ2v) is 7.64. The quantitative estimate of drug-likeness (QED) is 0.139. The first-order valence-electron chi connectivity index (χ1n) is 8.10. The molecule has 7 nitrogen and oxygen atoms in total. The molecule has 3 N–H and O–H groups in total. The summed E-state index contributed by atoms with van der Waals surface area (Å²) >= 11 is 2.01. The van der Waals surface area contributed by atoms with Crippen molar-refractivity contribution in [3.63, 3.8) is 0 Å². The van der Waals surface area contributed by atoms with E-state index < -0.39 is 0 Å². The van der Waals surface area contributed by atoms with Crippen molar-refractivity contribution in [2.45, 2.75) is 24.5 Å². The van der Waals surface area contributed by atoms with Crippen LogP contribution in [0.25, 0.3) is 0 Å². The summed E-state index contributed by atoms with van der Waals surface area (Å²) in [4.78, 5) is 14.8. The van der Waals surface area contributed by atoms with Gasteiger partial charge in [0.1, 0.15) is 5.69 Å². The number of nitrogens with zero attached hydrogens (tertiary/aromatic N) is 2. The van der Waals surface area contributed by atoms with Crippen molar-refractivity contribution in [3.05, 3.63) is 34.4 Å². The molecule has 0 radical (unpaired) electrons. The molecule has 140 valence electrons. The average molecular weight is 479 g/mol. The average Bonchev–Trinajstić information content (AvgIpc) is 3.01. The van der Waals surface area contributed by atoms with Crippen LogP contribution >= 0.6 is 35.7 Å². The molecule has 0 spiro atoms. The summed E-state index contributed by atoms with van der Waals surface area (Å²) in [6.45, 7) is 4.35. The van der Waals surface area contributed by atoms with E-state index in [1.54, 1.807) is 25.2 Å². The number of hydrogen-bond acceptors (Lipinski definition) is 5. The highest BCUT2D eigenvalue weighted by atomic mass is 127. The van der Waals surface area contributed by atoms with Crippen molar-refractivity contribution in [1.82, 2.24) is 10.6 Å². The molecule has 1 aromatic rings. The highest BCUT2D eigenvalue weighted by Crippen LogP contribution is 2.36. The van der Waals surface area contributed by atoms with Crippen molar-refractivity contribution < 1.29 is 4.92 Å². The lowest BCUT2D eigenvalue weighted by Gasteiger charge is -2.24. The van der Waals surface area contributed by atoms with Gasteiger partial charge in [0.25, 0.3) is 5.69 Å². The van der Waals surface area contributed by atoms with E-state index in [0.29, 0.717) is 18.8 Å². The summed E-state index contributed by atoms with van der Waals surface area (Å²) in [6.07, 6.45) is 2.50. The molecule has 1 aliphatic rings. The van der Waals surface area contributed by atoms with Crippen LogP contribution in [0.5, 0.6) is 0 Å². The van der Waals surface area contributed by atoms with E-state index in [2.05, 4.69) is 27.9 Å². The molecule has 0 bridgehead atoms. The SMILES string of the molecule is CN=C(NCCNc1ccccc1[N+](=O)[O-])NCC1(C)CCCS1.I. The minimum Gasteiger partial charge on any atom is -0.378 e. The number of halogens is 1. The summed E-state index contributed by atoms with van der Waals surface area (Å²) < 4.78 is 0.278. The van der Waals surface area contributed by atoms with E-state index in [-0.39, 0.29) is 39.3 Å². The normalized spacial score (nSPS) is 19.8. The number of aliphatic imine (C=N–C) groups is 1. The van der Waals surface area contributed by atoms with Crippen molar-refractivity contribution in [1.29, 1.82) is 0 Å². The lowest BCUT2D eigenvalue weighted by molar-refractivity contribution is -0.384. The maximum Gasteiger partial charge on any atom is 0.292 e. The Balaban J connectivity index is 0.00000312. The lowest BCUT2D eigenvalue weighted by Crippen LogP contribution is -2.44. The van der Waals surface area contributed by atoms with Gasteiger partial charge in [-0.1, -0.05) is 12.1 Å². The van der Waals surface area contributed by atoms with Crippen molar-refractivity contribution in [3.8, 4) is 0 Å². The second kappa shape index (κ2) is 10.7. The van der Waals surface area contributed by atoms with Crippen LogP contribution in [-0.2, 0) is 0 Å². The topological polar surface area (TPSA) is 91.6 Å². The van der Waals surface area contributed by atoms with Gasteiger partial charge >= 0.3 is 0 Å². The van der Waals surface area contributed by atoms with Crippen molar-refractivity contribution >= 4 is 53.1 Å². The summed E-state index contributed by atoms with van der Waals surface area (Å²) in [5, 5.41) is 20.6. The summed E-state index contributed by atoms with van der Waals surface area (Å²) in [5.41, 5.74) is 0.619. The van der Waals surface area contributed by atoms with E-state index in [9.17, 15) is 10.1 Å². The minimum absolute atomic E-state index is 0. The first-order valence-corrected chi connectivity index (χ1v) is 9.08. The molecule has 1 heterocycles. The molecule has 1 aromatic carbocycles. The molecular formula is C16H26IN5O2S. The third-order valence-corrected chi connectivity index (χ3v) is 5.53. The molecule has 1 unspecified atom stereocenters. The van der Waals surface area contributed by atoms with Gasteiger partial charge in [-0.25, -0.2) is 0 Å². The largest absolute Gasteiger partial charge is 0.378 e. The monoisotopic (exact) mass is 479 g/mol. The fourth-order valence-corrected chi connectivity index (χ4v) is 3.87. The Morgan fingerprint density at radius 2 is 2.12 bits per heavy atom. The standard InChI is InChI=1S/C16H25N5O2S.HI/c1-16(8-5-11-24-16)12-20-15(17-2)19-10-9-18-13-6-3-4-7-14(13)21(22)23;/h3-4,6-7,18H,5,8-12H2,1-2H3,(H2,17,19,20);1H. The van der Waals surface area contributed by atoms with Gasteiger partial charge in [-0.05, 0) is 31.6 Å². The zero-order chi connectivity index (χ0) is 17.4. The zero-order valence-electron chi connectivity index (χ0n) is 14.6. The number of nitro groups is 1. The van der Waals surface area contributed by atoms with E-state index in [1.807, 2.05) is 11.8 Å². The number of hydrogen-bond donors (Lipinski definition) is 3. The molecule has 1 atom stereocenters. The van der Waals surface area contributed by atoms with Crippen LogP contribution in [0.1, 0.15) is 19.8 Å². The van der Waals surface area contributed by atoms with Gasteiger partial charge in [0.15, 0.2) is 5.96 Å². The van der Waals surface area contributed by atoms with Gasteiger partial charge in [-0.2, -0.15) is 11.8 Å². The predicted molar refractivity (Wildman–Crippen MR) is 116 cm³/mol. The maximum atomic E-state index is 11.0. The molecule has 0 saturated carbocycles. The number of guanidine groups is 1. The molecule has 1 saturated heterocycles. The van der Waals surface area contributed by atoms with Crippen molar-refractivity contribution in [2.24, 2.45) is 4.99 Å². The summed E-state index contributed by atoms with van der Waals surface area (Å²) in [7, 11) is 1.74. The van der Waals surface area contributed by atoms with Crippen LogP contribution in [0.4, 0.5) is 11.4 Å². The molecule has 0 amide bonds. The Morgan fingerprint density at radius 1 is 1.36 bits per heavy atom. The molecule has 1 aliphatic heterocycles. The predicted octanol–water partition coefficient (Wildman–Crippen LogP) is 3.08. The first kappa shape index (κ1) is 21.8. The fourth-order valence-electron chi connectivity index (χ4n) is 2.63. The van der Waals surface area contributed by atoms with Crippen LogP contribution in [0.2, 0.25) is 0 Å². The Bertz CT molecular complexity index is 594. The van der Waals surface area contributed by atoms with Crippen LogP contribution in [0.15, 0.2) is 29.3 Å². The Kier molecular flexibility index (Phi) is 9.33. The van der Waals surface area contributed by atoms with Crippen LogP contribution in [0, 0.1) is 10.1 Å². The number of benzene rings is 1. The Morgan fingerprint density at radius 3 is 2.76 bits per heavy atom. The van der Waals surface area contributed by atoms with Crippen LogP contribution in [0.3, 0.4) is 0 Å². The van der Waals surface area contributed by atoms with Gasteiger partial charge in [-0.3, -0.25) is 15.1 Å². The minimum atomic E-state index is -0.379. The van der Waals surface area contributed by atoms with Gasteiger partial charge in [0.2, 0.25) is 0 Å². The molecule has 2 rings (SSSR count). The van der Waals surface area contributed by atoms with E-state index in [0.717, 1.165) is 12.5 Å².